The molecule has 28 heavy (non-hydrogen) atoms. The summed E-state index contributed by atoms with van der Waals surface area (Å²) in [5.74, 6) is 0.252. The highest BCUT2D eigenvalue weighted by Gasteiger charge is 2.08. The van der Waals surface area contributed by atoms with E-state index in [2.05, 4.69) is 15.8 Å². The second kappa shape index (κ2) is 8.81. The second-order valence-electron chi connectivity index (χ2n) is 6.08. The molecule has 2 N–H and O–H groups in total. The lowest BCUT2D eigenvalue weighted by Crippen LogP contribution is -2.17. The maximum absolute atomic E-state index is 12.3. The number of nitrogens with zero attached hydrogens (tertiary/aromatic N) is 1. The van der Waals surface area contributed by atoms with E-state index in [9.17, 15) is 9.59 Å². The zero-order chi connectivity index (χ0) is 19.9. The molecule has 0 fully saturated rings. The van der Waals surface area contributed by atoms with Crippen LogP contribution in [0.2, 0.25) is 0 Å². The van der Waals surface area contributed by atoms with E-state index in [-0.39, 0.29) is 11.8 Å². The van der Waals surface area contributed by atoms with Crippen LogP contribution in [0.3, 0.4) is 0 Å². The summed E-state index contributed by atoms with van der Waals surface area (Å²) < 4.78 is 5.41. The molecule has 6 heteroatoms. The van der Waals surface area contributed by atoms with Gasteiger partial charge in [0.15, 0.2) is 0 Å². The first kappa shape index (κ1) is 19.1. The Morgan fingerprint density at radius 3 is 2.50 bits per heavy atom. The summed E-state index contributed by atoms with van der Waals surface area (Å²) in [6.07, 6.45) is 1.98. The first-order chi connectivity index (χ1) is 13.6. The number of carbonyl (C=O) groups is 2. The number of fused-ring (bicyclic) bond motifs is 1. The summed E-state index contributed by atoms with van der Waals surface area (Å²) in [6.45, 7) is 1.78. The molecule has 142 valence electrons. The Morgan fingerprint density at radius 2 is 1.79 bits per heavy atom. The van der Waals surface area contributed by atoms with Gasteiger partial charge in [0, 0.05) is 23.2 Å². The number of carbonyl (C=O) groups excluding carboxylic acids is 2. The largest absolute Gasteiger partial charge is 0.496 e. The number of ether oxygens (including phenoxy) is 1. The first-order valence-corrected chi connectivity index (χ1v) is 8.91. The van der Waals surface area contributed by atoms with E-state index in [0.717, 1.165) is 16.3 Å². The van der Waals surface area contributed by atoms with E-state index >= 15 is 0 Å². The molecule has 0 aromatic heterocycles. The van der Waals surface area contributed by atoms with Crippen LogP contribution >= 0.6 is 0 Å². The highest BCUT2D eigenvalue weighted by Crippen LogP contribution is 2.26. The lowest BCUT2D eigenvalue weighted by atomic mass is 10.0. The van der Waals surface area contributed by atoms with Crippen LogP contribution in [0, 0.1) is 0 Å². The van der Waals surface area contributed by atoms with Crippen molar-refractivity contribution < 1.29 is 14.3 Å². The van der Waals surface area contributed by atoms with Gasteiger partial charge in [-0.25, -0.2) is 5.43 Å². The molecule has 0 unspecified atom stereocenters. The summed E-state index contributed by atoms with van der Waals surface area (Å²) in [7, 11) is 1.60. The van der Waals surface area contributed by atoms with Crippen molar-refractivity contribution in [3.8, 4) is 5.75 Å². The molecule has 3 rings (SSSR count). The quantitative estimate of drug-likeness (QED) is 0.505. The Kier molecular flexibility index (Phi) is 6.01. The van der Waals surface area contributed by atoms with Crippen LogP contribution in [0.5, 0.6) is 5.75 Å². The number of amides is 2. The van der Waals surface area contributed by atoms with E-state index in [4.69, 9.17) is 4.74 Å². The Bertz CT molecular complexity index is 1030. The van der Waals surface area contributed by atoms with Gasteiger partial charge in [-0.05, 0) is 41.1 Å². The Labute approximate surface area is 163 Å². The van der Waals surface area contributed by atoms with Gasteiger partial charge in [-0.15, -0.1) is 0 Å². The van der Waals surface area contributed by atoms with Gasteiger partial charge in [-0.1, -0.05) is 37.3 Å². The van der Waals surface area contributed by atoms with Crippen molar-refractivity contribution >= 4 is 34.5 Å². The third-order valence-corrected chi connectivity index (χ3v) is 4.26. The molecular weight excluding hydrogens is 354 g/mol. The molecule has 0 spiro atoms. The molecule has 6 nitrogen and oxygen atoms in total. The number of benzene rings is 3. The van der Waals surface area contributed by atoms with Gasteiger partial charge in [0.05, 0.1) is 13.3 Å². The van der Waals surface area contributed by atoms with Crippen molar-refractivity contribution in [3.63, 3.8) is 0 Å². The molecule has 0 aliphatic rings. The molecule has 0 saturated heterocycles. The minimum Gasteiger partial charge on any atom is -0.496 e. The molecule has 0 bridgehead atoms. The lowest BCUT2D eigenvalue weighted by molar-refractivity contribution is -0.115. The Morgan fingerprint density at radius 1 is 1.04 bits per heavy atom. The van der Waals surface area contributed by atoms with Crippen LogP contribution in [-0.2, 0) is 4.79 Å². The van der Waals surface area contributed by atoms with E-state index < -0.39 is 0 Å². The number of hydrogen-bond donors (Lipinski definition) is 2. The fourth-order valence-electron chi connectivity index (χ4n) is 2.76. The number of methoxy groups -OCH3 is 1. The number of hydrazone groups is 1. The molecule has 0 aliphatic heterocycles. The maximum atomic E-state index is 12.3. The third-order valence-electron chi connectivity index (χ3n) is 4.26. The van der Waals surface area contributed by atoms with Crippen molar-refractivity contribution in [2.45, 2.75) is 13.3 Å². The smallest absolute Gasteiger partial charge is 0.271 e. The van der Waals surface area contributed by atoms with Crippen molar-refractivity contribution in [2.75, 3.05) is 12.4 Å². The first-order valence-electron chi connectivity index (χ1n) is 8.91. The molecule has 3 aromatic rings. The lowest BCUT2D eigenvalue weighted by Gasteiger charge is -2.08. The van der Waals surface area contributed by atoms with E-state index in [0.29, 0.717) is 23.4 Å². The number of nitrogens with one attached hydrogen (secondary N) is 2. The standard InChI is InChI=1S/C22H21N3O3/c1-3-21(26)24-17-11-8-16(9-12-17)22(27)25-23-14-19-18-7-5-4-6-15(18)10-13-20(19)28-2/h4-14H,3H2,1-2H3,(H,24,26)(H,25,27)/b23-14+. The van der Waals surface area contributed by atoms with Gasteiger partial charge in [0.2, 0.25) is 5.91 Å². The van der Waals surface area contributed by atoms with Gasteiger partial charge < -0.3 is 10.1 Å². The van der Waals surface area contributed by atoms with E-state index in [1.54, 1.807) is 44.5 Å². The van der Waals surface area contributed by atoms with E-state index in [1.807, 2.05) is 36.4 Å². The van der Waals surface area contributed by atoms with Crippen LogP contribution < -0.4 is 15.5 Å². The predicted molar refractivity (Wildman–Crippen MR) is 111 cm³/mol. The molecule has 0 atom stereocenters. The maximum Gasteiger partial charge on any atom is 0.271 e. The number of anilines is 1. The normalized spacial score (nSPS) is 10.8. The topological polar surface area (TPSA) is 79.8 Å². The fourth-order valence-corrected chi connectivity index (χ4v) is 2.76. The van der Waals surface area contributed by atoms with Gasteiger partial charge in [-0.2, -0.15) is 5.10 Å². The highest BCUT2D eigenvalue weighted by atomic mass is 16.5. The molecule has 0 saturated carbocycles. The van der Waals surface area contributed by atoms with Gasteiger partial charge >= 0.3 is 0 Å². The second-order valence-corrected chi connectivity index (χ2v) is 6.08. The van der Waals surface area contributed by atoms with Crippen LogP contribution in [0.1, 0.15) is 29.3 Å². The van der Waals surface area contributed by atoms with Crippen LogP contribution in [0.4, 0.5) is 5.69 Å². The summed E-state index contributed by atoms with van der Waals surface area (Å²) in [5, 5.41) is 8.86. The summed E-state index contributed by atoms with van der Waals surface area (Å²) in [4.78, 5) is 23.7. The molecule has 0 aliphatic carbocycles. The van der Waals surface area contributed by atoms with Gasteiger partial charge in [0.25, 0.3) is 5.91 Å². The molecule has 3 aromatic carbocycles. The Balaban J connectivity index is 1.73. The van der Waals surface area contributed by atoms with Crippen LogP contribution in [0.15, 0.2) is 65.8 Å². The van der Waals surface area contributed by atoms with Crippen molar-refractivity contribution in [2.24, 2.45) is 5.10 Å². The van der Waals surface area contributed by atoms with Crippen LogP contribution in [-0.4, -0.2) is 25.1 Å². The summed E-state index contributed by atoms with van der Waals surface area (Å²) in [6, 6.07) is 18.4. The molecule has 2 amide bonds. The van der Waals surface area contributed by atoms with Crippen molar-refractivity contribution in [1.82, 2.24) is 5.43 Å². The molecular formula is C22H21N3O3. The monoisotopic (exact) mass is 375 g/mol. The number of hydrogen-bond acceptors (Lipinski definition) is 4. The van der Waals surface area contributed by atoms with Gasteiger partial charge in [0.1, 0.15) is 5.75 Å². The highest BCUT2D eigenvalue weighted by molar-refractivity contribution is 6.03. The zero-order valence-electron chi connectivity index (χ0n) is 15.7. The summed E-state index contributed by atoms with van der Waals surface area (Å²) >= 11 is 0. The predicted octanol–water partition coefficient (Wildman–Crippen LogP) is 3.96. The Hall–Kier alpha value is -3.67. The summed E-state index contributed by atoms with van der Waals surface area (Å²) in [5.41, 5.74) is 4.40. The third kappa shape index (κ3) is 4.35. The minimum atomic E-state index is -0.344. The molecule has 0 heterocycles. The number of rotatable bonds is 6. The van der Waals surface area contributed by atoms with Crippen molar-refractivity contribution in [1.29, 1.82) is 0 Å². The van der Waals surface area contributed by atoms with Crippen LogP contribution in [0.25, 0.3) is 10.8 Å². The zero-order valence-corrected chi connectivity index (χ0v) is 15.7. The average molecular weight is 375 g/mol. The van der Waals surface area contributed by atoms with Crippen molar-refractivity contribution in [3.05, 3.63) is 71.8 Å². The average Bonchev–Trinajstić information content (AvgIpc) is 2.74. The van der Waals surface area contributed by atoms with E-state index in [1.165, 1.54) is 0 Å². The SMILES string of the molecule is CCC(=O)Nc1ccc(C(=O)N/N=C/c2c(OC)ccc3ccccc23)cc1. The molecule has 0 radical (unpaired) electrons. The fraction of sp³-hybridized carbons (Fsp3) is 0.136. The minimum absolute atomic E-state index is 0.0779. The van der Waals surface area contributed by atoms with Gasteiger partial charge in [-0.3, -0.25) is 9.59 Å².